The SMILES string of the molecule is CC(/C=C/[C@@]1(C)[C@H](C)CC/C(=N\O)[C@@H]1C)=C\Cc1c(O)c(C=NCO)c(C)c(Cl)c1OCF. The van der Waals surface area contributed by atoms with Crippen LogP contribution in [0.15, 0.2) is 33.9 Å². The van der Waals surface area contributed by atoms with E-state index in [1.165, 1.54) is 6.21 Å². The summed E-state index contributed by atoms with van der Waals surface area (Å²) in [7, 11) is 0. The third kappa shape index (κ3) is 5.76. The number of aliphatic hydroxyl groups is 1. The number of hydrogen-bond donors (Lipinski definition) is 3. The molecule has 3 atom stereocenters. The van der Waals surface area contributed by atoms with E-state index in [2.05, 4.69) is 37.0 Å². The number of oxime groups is 1. The Morgan fingerprint density at radius 3 is 2.67 bits per heavy atom. The van der Waals surface area contributed by atoms with Gasteiger partial charge in [0.1, 0.15) is 18.2 Å². The van der Waals surface area contributed by atoms with Gasteiger partial charge >= 0.3 is 0 Å². The molecule has 1 aromatic carbocycles. The summed E-state index contributed by atoms with van der Waals surface area (Å²) in [5.74, 6) is 0.498. The van der Waals surface area contributed by atoms with Gasteiger partial charge in [-0.1, -0.05) is 61.3 Å². The number of allylic oxidation sites excluding steroid dienone is 4. The van der Waals surface area contributed by atoms with E-state index in [4.69, 9.17) is 21.4 Å². The van der Waals surface area contributed by atoms with E-state index in [-0.39, 0.29) is 34.3 Å². The lowest BCUT2D eigenvalue weighted by atomic mass is 9.61. The first-order chi connectivity index (χ1) is 15.6. The molecule has 2 rings (SSSR count). The monoisotopic (exact) mass is 480 g/mol. The topological polar surface area (TPSA) is 94.6 Å². The van der Waals surface area contributed by atoms with Gasteiger partial charge in [0.15, 0.2) is 0 Å². The van der Waals surface area contributed by atoms with Crippen LogP contribution in [0.25, 0.3) is 0 Å². The molecule has 0 aromatic heterocycles. The zero-order valence-electron chi connectivity index (χ0n) is 19.9. The van der Waals surface area contributed by atoms with Crippen LogP contribution in [-0.4, -0.2) is 40.9 Å². The second-order valence-electron chi connectivity index (χ2n) is 8.82. The molecule has 3 N–H and O–H groups in total. The Labute approximate surface area is 200 Å². The molecule has 6 nitrogen and oxygen atoms in total. The maximum absolute atomic E-state index is 13.0. The van der Waals surface area contributed by atoms with Gasteiger partial charge < -0.3 is 20.2 Å². The first-order valence-electron chi connectivity index (χ1n) is 11.0. The van der Waals surface area contributed by atoms with Crippen molar-refractivity contribution in [3.8, 4) is 11.5 Å². The lowest BCUT2D eigenvalue weighted by Crippen LogP contribution is -2.40. The number of benzene rings is 1. The summed E-state index contributed by atoms with van der Waals surface area (Å²) in [4.78, 5) is 3.78. The number of alkyl halides is 1. The van der Waals surface area contributed by atoms with Crippen LogP contribution in [0.3, 0.4) is 0 Å². The van der Waals surface area contributed by atoms with E-state index in [1.807, 2.05) is 19.1 Å². The van der Waals surface area contributed by atoms with Crippen molar-refractivity contribution in [2.24, 2.45) is 27.4 Å². The van der Waals surface area contributed by atoms with Crippen molar-refractivity contribution in [1.29, 1.82) is 0 Å². The molecular weight excluding hydrogens is 447 g/mol. The minimum atomic E-state index is -1.08. The number of halogens is 2. The lowest BCUT2D eigenvalue weighted by molar-refractivity contribution is 0.184. The third-order valence-corrected chi connectivity index (χ3v) is 7.49. The Morgan fingerprint density at radius 2 is 2.06 bits per heavy atom. The molecule has 0 amide bonds. The van der Waals surface area contributed by atoms with Crippen LogP contribution in [-0.2, 0) is 6.42 Å². The summed E-state index contributed by atoms with van der Waals surface area (Å²) in [5.41, 5.74) is 2.76. The number of rotatable bonds is 8. The molecule has 1 aliphatic rings. The Morgan fingerprint density at radius 1 is 1.36 bits per heavy atom. The Hall–Kier alpha value is -2.38. The molecule has 1 aromatic rings. The number of aromatic hydroxyl groups is 1. The molecule has 182 valence electrons. The Kier molecular flexibility index (Phi) is 9.49. The molecule has 33 heavy (non-hydrogen) atoms. The van der Waals surface area contributed by atoms with Crippen molar-refractivity contribution in [1.82, 2.24) is 0 Å². The van der Waals surface area contributed by atoms with E-state index < -0.39 is 13.6 Å². The number of phenols is 1. The fourth-order valence-electron chi connectivity index (χ4n) is 4.32. The highest BCUT2D eigenvalue weighted by Gasteiger charge is 2.40. The number of aliphatic imine (C=N–C) groups is 1. The predicted octanol–water partition coefficient (Wildman–Crippen LogP) is 5.98. The summed E-state index contributed by atoms with van der Waals surface area (Å²) >= 11 is 6.40. The first kappa shape index (κ1) is 26.9. The average Bonchev–Trinajstić information content (AvgIpc) is 2.79. The maximum atomic E-state index is 13.0. The molecular formula is C25H34ClFN2O4. The smallest absolute Gasteiger partial charge is 0.228 e. The highest BCUT2D eigenvalue weighted by atomic mass is 35.5. The van der Waals surface area contributed by atoms with Gasteiger partial charge in [0.25, 0.3) is 0 Å². The van der Waals surface area contributed by atoms with E-state index >= 15 is 0 Å². The zero-order valence-corrected chi connectivity index (χ0v) is 20.7. The zero-order chi connectivity index (χ0) is 24.8. The molecule has 0 heterocycles. The summed E-state index contributed by atoms with van der Waals surface area (Å²) < 4.78 is 18.1. The molecule has 8 heteroatoms. The van der Waals surface area contributed by atoms with E-state index in [9.17, 15) is 14.7 Å². The van der Waals surface area contributed by atoms with Crippen LogP contribution < -0.4 is 4.74 Å². The molecule has 0 aliphatic heterocycles. The largest absolute Gasteiger partial charge is 0.507 e. The second-order valence-corrected chi connectivity index (χ2v) is 9.20. The van der Waals surface area contributed by atoms with E-state index in [0.29, 0.717) is 22.6 Å². The first-order valence-corrected chi connectivity index (χ1v) is 11.4. The molecule has 0 radical (unpaired) electrons. The van der Waals surface area contributed by atoms with Crippen LogP contribution in [0.2, 0.25) is 5.02 Å². The number of nitrogens with zero attached hydrogens (tertiary/aromatic N) is 2. The van der Waals surface area contributed by atoms with Crippen LogP contribution in [0, 0.1) is 24.2 Å². The third-order valence-electron chi connectivity index (χ3n) is 7.04. The maximum Gasteiger partial charge on any atom is 0.228 e. The number of hydrogen-bond acceptors (Lipinski definition) is 6. The highest BCUT2D eigenvalue weighted by Crippen LogP contribution is 2.45. The number of aliphatic hydroxyl groups excluding tert-OH is 1. The summed E-state index contributed by atoms with van der Waals surface area (Å²) in [5, 5.41) is 32.8. The van der Waals surface area contributed by atoms with Crippen LogP contribution in [0.4, 0.5) is 4.39 Å². The lowest BCUT2D eigenvalue weighted by Gasteiger charge is -2.43. The molecule has 0 saturated heterocycles. The van der Waals surface area contributed by atoms with E-state index in [1.54, 1.807) is 6.92 Å². The van der Waals surface area contributed by atoms with Crippen LogP contribution in [0.1, 0.15) is 57.2 Å². The van der Waals surface area contributed by atoms with Crippen molar-refractivity contribution in [3.05, 3.63) is 45.5 Å². The highest BCUT2D eigenvalue weighted by molar-refractivity contribution is 6.33. The Bertz CT molecular complexity index is 974. The van der Waals surface area contributed by atoms with Crippen molar-refractivity contribution in [2.75, 3.05) is 13.6 Å². The number of ether oxygens (including phenoxy) is 1. The van der Waals surface area contributed by atoms with Gasteiger partial charge in [-0.15, -0.1) is 0 Å². The quantitative estimate of drug-likeness (QED) is 0.185. The van der Waals surface area contributed by atoms with Gasteiger partial charge in [-0.3, -0.25) is 4.99 Å². The standard InChI is InChI=1S/C25H34ClFN2O4/c1-15(10-11-25(5)16(2)7-9-21(29-32)18(25)4)6-8-19-23(31)20(12-28-14-30)17(3)22(26)24(19)33-13-27/h6,10-12,16,18,30-32H,7-9,13-14H2,1-5H3/b11-10+,15-6+,28-12?,29-21+/t16-,18+,25+/m1/s1. The Balaban J connectivity index is 2.39. The molecule has 0 unspecified atom stereocenters. The number of phenolic OH excluding ortho intramolecular Hbond substituents is 1. The second kappa shape index (κ2) is 11.7. The fraction of sp³-hybridized carbons (Fsp3) is 0.520. The summed E-state index contributed by atoms with van der Waals surface area (Å²) in [6, 6.07) is 0. The van der Waals surface area contributed by atoms with Crippen molar-refractivity contribution < 1.29 is 24.5 Å². The van der Waals surface area contributed by atoms with Crippen LogP contribution in [0.5, 0.6) is 11.5 Å². The molecule has 1 aliphatic carbocycles. The van der Waals surface area contributed by atoms with Crippen molar-refractivity contribution >= 4 is 23.5 Å². The fourth-order valence-corrected chi connectivity index (χ4v) is 4.59. The van der Waals surface area contributed by atoms with Crippen molar-refractivity contribution in [2.45, 2.75) is 53.9 Å². The van der Waals surface area contributed by atoms with Gasteiger partial charge in [-0.25, -0.2) is 4.39 Å². The van der Waals surface area contributed by atoms with Gasteiger partial charge in [-0.2, -0.15) is 0 Å². The van der Waals surface area contributed by atoms with Gasteiger partial charge in [-0.05, 0) is 50.0 Å². The van der Waals surface area contributed by atoms with Gasteiger partial charge in [0, 0.05) is 23.3 Å². The normalized spacial score (nSPS) is 25.5. The minimum absolute atomic E-state index is 0.0913. The predicted molar refractivity (Wildman–Crippen MR) is 131 cm³/mol. The van der Waals surface area contributed by atoms with Crippen LogP contribution >= 0.6 is 11.6 Å². The van der Waals surface area contributed by atoms with Gasteiger partial charge in [0.2, 0.25) is 6.86 Å². The van der Waals surface area contributed by atoms with Crippen molar-refractivity contribution in [3.63, 3.8) is 0 Å². The molecule has 1 fully saturated rings. The summed E-state index contributed by atoms with van der Waals surface area (Å²) in [6.45, 7) is 8.54. The molecule has 0 bridgehead atoms. The summed E-state index contributed by atoms with van der Waals surface area (Å²) in [6.07, 6.45) is 9.40. The minimum Gasteiger partial charge on any atom is -0.507 e. The van der Waals surface area contributed by atoms with Gasteiger partial charge in [0.05, 0.1) is 10.7 Å². The molecule has 1 saturated carbocycles. The molecule has 0 spiro atoms. The van der Waals surface area contributed by atoms with E-state index in [0.717, 1.165) is 24.1 Å². The average molecular weight is 481 g/mol.